The molecule has 0 spiro atoms. The third kappa shape index (κ3) is 4.20. The van der Waals surface area contributed by atoms with Crippen LogP contribution in [0.1, 0.15) is 46.0 Å². The van der Waals surface area contributed by atoms with Gasteiger partial charge in [-0.15, -0.1) is 0 Å². The number of aliphatic carboxylic acids is 1. The summed E-state index contributed by atoms with van der Waals surface area (Å²) in [4.78, 5) is 10.9. The van der Waals surface area contributed by atoms with Gasteiger partial charge in [0, 0.05) is 0 Å². The van der Waals surface area contributed by atoms with Crippen molar-refractivity contribution in [2.45, 2.75) is 46.0 Å². The minimum Gasteiger partial charge on any atom is -0.481 e. The minimum absolute atomic E-state index is 0.549. The lowest BCUT2D eigenvalue weighted by molar-refractivity contribution is -0.147. The Morgan fingerprint density at radius 2 is 2.00 bits per heavy atom. The summed E-state index contributed by atoms with van der Waals surface area (Å²) in [5, 5.41) is 12.3. The quantitative estimate of drug-likeness (QED) is 0.736. The van der Waals surface area contributed by atoms with Gasteiger partial charge in [0.05, 0.1) is 5.41 Å². The Morgan fingerprint density at radius 3 is 2.53 bits per heavy atom. The van der Waals surface area contributed by atoms with Crippen LogP contribution in [0.15, 0.2) is 0 Å². The number of rotatable bonds is 5. The summed E-state index contributed by atoms with van der Waals surface area (Å²) < 4.78 is 0. The van der Waals surface area contributed by atoms with Crippen molar-refractivity contribution >= 4 is 5.97 Å². The largest absolute Gasteiger partial charge is 0.481 e. The lowest BCUT2D eigenvalue weighted by atomic mass is 9.84. The molecule has 0 unspecified atom stereocenters. The van der Waals surface area contributed by atoms with Crippen LogP contribution in [-0.2, 0) is 4.79 Å². The molecule has 0 aromatic rings. The van der Waals surface area contributed by atoms with Crippen LogP contribution in [-0.4, -0.2) is 24.2 Å². The smallest absolute Gasteiger partial charge is 0.309 e. The predicted octanol–water partition coefficient (Wildman–Crippen LogP) is 2.27. The number of carboxylic acid groups (broad SMARTS) is 1. The minimum atomic E-state index is -0.673. The van der Waals surface area contributed by atoms with Gasteiger partial charge in [0.2, 0.25) is 0 Å². The highest BCUT2D eigenvalue weighted by Crippen LogP contribution is 2.26. The monoisotopic (exact) mass is 213 g/mol. The van der Waals surface area contributed by atoms with Crippen molar-refractivity contribution in [3.05, 3.63) is 0 Å². The topological polar surface area (TPSA) is 49.3 Å². The Hall–Kier alpha value is -0.570. The standard InChI is InChI=1S/C12H23NO2/c1-12(2,11(14)15)7-3-4-10-5-8-13-9-6-10/h10,13H,3-9H2,1-2H3,(H,14,15). The van der Waals surface area contributed by atoms with Crippen molar-refractivity contribution in [1.82, 2.24) is 5.32 Å². The molecule has 0 aromatic heterocycles. The van der Waals surface area contributed by atoms with Gasteiger partial charge < -0.3 is 10.4 Å². The Labute approximate surface area is 92.3 Å². The van der Waals surface area contributed by atoms with Crippen LogP contribution < -0.4 is 5.32 Å². The van der Waals surface area contributed by atoms with Gasteiger partial charge in [-0.05, 0) is 52.1 Å². The second-order valence-corrected chi connectivity index (χ2v) is 5.27. The summed E-state index contributed by atoms with van der Waals surface area (Å²) in [5.41, 5.74) is -0.549. The maximum atomic E-state index is 10.9. The lowest BCUT2D eigenvalue weighted by Gasteiger charge is -2.24. The molecule has 1 heterocycles. The molecule has 0 amide bonds. The molecule has 88 valence electrons. The van der Waals surface area contributed by atoms with Crippen molar-refractivity contribution < 1.29 is 9.90 Å². The molecule has 0 aromatic carbocycles. The molecule has 0 radical (unpaired) electrons. The zero-order valence-corrected chi connectivity index (χ0v) is 9.88. The first kappa shape index (κ1) is 12.5. The molecular formula is C12H23NO2. The lowest BCUT2D eigenvalue weighted by Crippen LogP contribution is -2.28. The van der Waals surface area contributed by atoms with Gasteiger partial charge in [0.25, 0.3) is 0 Å². The first-order chi connectivity index (χ1) is 7.02. The molecule has 1 fully saturated rings. The van der Waals surface area contributed by atoms with E-state index in [4.69, 9.17) is 5.11 Å². The van der Waals surface area contributed by atoms with Crippen molar-refractivity contribution in [1.29, 1.82) is 0 Å². The third-order valence-electron chi connectivity index (χ3n) is 3.45. The predicted molar refractivity (Wildman–Crippen MR) is 60.9 cm³/mol. The number of carbonyl (C=O) groups is 1. The summed E-state index contributed by atoms with van der Waals surface area (Å²) in [6, 6.07) is 0. The number of carboxylic acids is 1. The first-order valence-corrected chi connectivity index (χ1v) is 5.96. The van der Waals surface area contributed by atoms with Crippen LogP contribution in [0.2, 0.25) is 0 Å². The van der Waals surface area contributed by atoms with Gasteiger partial charge in [0.1, 0.15) is 0 Å². The van der Waals surface area contributed by atoms with Crippen molar-refractivity contribution in [2.24, 2.45) is 11.3 Å². The molecule has 0 bridgehead atoms. The zero-order valence-electron chi connectivity index (χ0n) is 9.88. The van der Waals surface area contributed by atoms with Crippen LogP contribution in [0.25, 0.3) is 0 Å². The number of hydrogen-bond acceptors (Lipinski definition) is 2. The first-order valence-electron chi connectivity index (χ1n) is 5.96. The zero-order chi connectivity index (χ0) is 11.3. The van der Waals surface area contributed by atoms with E-state index in [-0.39, 0.29) is 0 Å². The average molecular weight is 213 g/mol. The Morgan fingerprint density at radius 1 is 1.40 bits per heavy atom. The summed E-state index contributed by atoms with van der Waals surface area (Å²) in [7, 11) is 0. The van der Waals surface area contributed by atoms with Gasteiger partial charge >= 0.3 is 5.97 Å². The van der Waals surface area contributed by atoms with E-state index in [1.165, 1.54) is 19.3 Å². The second kappa shape index (κ2) is 5.50. The highest BCUT2D eigenvalue weighted by Gasteiger charge is 2.26. The van der Waals surface area contributed by atoms with Crippen molar-refractivity contribution in [3.63, 3.8) is 0 Å². The fourth-order valence-electron chi connectivity index (χ4n) is 2.11. The van der Waals surface area contributed by atoms with Gasteiger partial charge in [0.15, 0.2) is 0 Å². The molecule has 1 aliphatic heterocycles. The van der Waals surface area contributed by atoms with Crippen molar-refractivity contribution in [3.8, 4) is 0 Å². The van der Waals surface area contributed by atoms with Crippen molar-refractivity contribution in [2.75, 3.05) is 13.1 Å². The van der Waals surface area contributed by atoms with Crippen LogP contribution in [0.5, 0.6) is 0 Å². The fourth-order valence-corrected chi connectivity index (χ4v) is 2.11. The highest BCUT2D eigenvalue weighted by atomic mass is 16.4. The Bertz CT molecular complexity index is 208. The molecule has 1 rings (SSSR count). The van der Waals surface area contributed by atoms with Gasteiger partial charge in [-0.3, -0.25) is 4.79 Å². The molecule has 2 N–H and O–H groups in total. The third-order valence-corrected chi connectivity index (χ3v) is 3.45. The van der Waals surface area contributed by atoms with E-state index in [2.05, 4.69) is 5.32 Å². The number of nitrogens with one attached hydrogen (secondary N) is 1. The SMILES string of the molecule is CC(C)(CCCC1CCNCC1)C(=O)O. The van der Waals surface area contributed by atoms with E-state index in [0.717, 1.165) is 31.8 Å². The van der Waals surface area contributed by atoms with Crippen LogP contribution in [0, 0.1) is 11.3 Å². The molecule has 0 aliphatic carbocycles. The molecular weight excluding hydrogens is 190 g/mol. The van der Waals surface area contributed by atoms with E-state index in [0.29, 0.717) is 0 Å². The van der Waals surface area contributed by atoms with Crippen LogP contribution >= 0.6 is 0 Å². The van der Waals surface area contributed by atoms with E-state index in [9.17, 15) is 4.79 Å². The summed E-state index contributed by atoms with van der Waals surface area (Å²) in [6.45, 7) is 5.90. The van der Waals surface area contributed by atoms with E-state index in [1.807, 2.05) is 13.8 Å². The molecule has 0 saturated carbocycles. The molecule has 0 atom stereocenters. The maximum absolute atomic E-state index is 10.9. The van der Waals surface area contributed by atoms with E-state index >= 15 is 0 Å². The molecule has 3 nitrogen and oxygen atoms in total. The fraction of sp³-hybridized carbons (Fsp3) is 0.917. The van der Waals surface area contributed by atoms with E-state index < -0.39 is 11.4 Å². The number of hydrogen-bond donors (Lipinski definition) is 2. The molecule has 1 saturated heterocycles. The summed E-state index contributed by atoms with van der Waals surface area (Å²) >= 11 is 0. The van der Waals surface area contributed by atoms with Gasteiger partial charge in [-0.2, -0.15) is 0 Å². The Balaban J connectivity index is 2.17. The molecule has 1 aliphatic rings. The average Bonchev–Trinajstić information content (AvgIpc) is 2.19. The summed E-state index contributed by atoms with van der Waals surface area (Å²) in [5.74, 6) is 0.142. The van der Waals surface area contributed by atoms with Crippen LogP contribution in [0.4, 0.5) is 0 Å². The highest BCUT2D eigenvalue weighted by molar-refractivity contribution is 5.73. The van der Waals surface area contributed by atoms with E-state index in [1.54, 1.807) is 0 Å². The second-order valence-electron chi connectivity index (χ2n) is 5.27. The Kier molecular flexibility index (Phi) is 4.58. The van der Waals surface area contributed by atoms with Crippen LogP contribution in [0.3, 0.4) is 0 Å². The normalized spacial score (nSPS) is 19.1. The molecule has 15 heavy (non-hydrogen) atoms. The van der Waals surface area contributed by atoms with Gasteiger partial charge in [-0.25, -0.2) is 0 Å². The summed E-state index contributed by atoms with van der Waals surface area (Å²) in [6.07, 6.45) is 5.55. The molecule has 3 heteroatoms. The number of piperidine rings is 1. The van der Waals surface area contributed by atoms with Gasteiger partial charge in [-0.1, -0.05) is 12.8 Å². The maximum Gasteiger partial charge on any atom is 0.309 e.